The summed E-state index contributed by atoms with van der Waals surface area (Å²) in [5, 5.41) is 9.43. The van der Waals surface area contributed by atoms with Crippen LogP contribution in [0, 0.1) is 17.7 Å². The molecule has 1 saturated carbocycles. The number of rotatable bonds is 3. The smallest absolute Gasteiger partial charge is 0.307 e. The molecule has 0 bridgehead atoms. The molecule has 124 valence electrons. The van der Waals surface area contributed by atoms with Gasteiger partial charge in [-0.1, -0.05) is 11.6 Å². The topological polar surface area (TPSA) is 60.9 Å². The van der Waals surface area contributed by atoms with Gasteiger partial charge in [0.1, 0.15) is 5.82 Å². The number of halogens is 2. The van der Waals surface area contributed by atoms with Gasteiger partial charge in [0.15, 0.2) is 0 Å². The number of anilines is 1. The summed E-state index contributed by atoms with van der Waals surface area (Å²) < 4.78 is 13.1. The summed E-state index contributed by atoms with van der Waals surface area (Å²) in [7, 11) is 0. The predicted octanol–water partition coefficient (Wildman–Crippen LogP) is 2.24. The van der Waals surface area contributed by atoms with Crippen LogP contribution < -0.4 is 4.90 Å². The van der Waals surface area contributed by atoms with Crippen LogP contribution in [0.4, 0.5) is 10.1 Å². The third kappa shape index (κ3) is 3.13. The second-order valence-corrected chi connectivity index (χ2v) is 6.44. The van der Waals surface area contributed by atoms with E-state index in [-0.39, 0.29) is 17.6 Å². The minimum absolute atomic E-state index is 0.0616. The highest BCUT2D eigenvalue weighted by Crippen LogP contribution is 2.36. The van der Waals surface area contributed by atoms with E-state index in [1.807, 2.05) is 4.90 Å². The molecule has 1 aliphatic carbocycles. The van der Waals surface area contributed by atoms with Gasteiger partial charge in [-0.25, -0.2) is 4.39 Å². The van der Waals surface area contributed by atoms with Gasteiger partial charge in [0.2, 0.25) is 5.91 Å². The van der Waals surface area contributed by atoms with Crippen LogP contribution in [0.3, 0.4) is 0 Å². The lowest BCUT2D eigenvalue weighted by Crippen LogP contribution is -2.53. The maximum atomic E-state index is 13.1. The molecular formula is C16H18ClFN2O3. The maximum Gasteiger partial charge on any atom is 0.307 e. The summed E-state index contributed by atoms with van der Waals surface area (Å²) >= 11 is 6.07. The fraction of sp³-hybridized carbons (Fsp3) is 0.500. The van der Waals surface area contributed by atoms with Crippen LogP contribution in [0.15, 0.2) is 18.2 Å². The van der Waals surface area contributed by atoms with Gasteiger partial charge in [0.05, 0.1) is 22.5 Å². The average Bonchev–Trinajstić information content (AvgIpc) is 2.45. The van der Waals surface area contributed by atoms with Gasteiger partial charge >= 0.3 is 5.97 Å². The number of aliphatic carboxylic acids is 1. The van der Waals surface area contributed by atoms with E-state index in [9.17, 15) is 14.0 Å². The lowest BCUT2D eigenvalue weighted by molar-refractivity contribution is -0.156. The normalized spacial score (nSPS) is 24.3. The zero-order valence-electron chi connectivity index (χ0n) is 12.5. The molecule has 5 nitrogen and oxygen atoms in total. The number of hydrogen-bond donors (Lipinski definition) is 1. The van der Waals surface area contributed by atoms with Crippen LogP contribution in [0.2, 0.25) is 5.02 Å². The van der Waals surface area contributed by atoms with Crippen molar-refractivity contribution in [2.24, 2.45) is 11.8 Å². The molecule has 1 aromatic carbocycles. The number of carbonyl (C=O) groups is 2. The Morgan fingerprint density at radius 2 is 1.78 bits per heavy atom. The Bertz CT molecular complexity index is 632. The molecule has 2 aliphatic rings. The highest BCUT2D eigenvalue weighted by atomic mass is 35.5. The Morgan fingerprint density at radius 1 is 1.13 bits per heavy atom. The summed E-state index contributed by atoms with van der Waals surface area (Å²) in [6.45, 7) is 2.24. The van der Waals surface area contributed by atoms with Crippen molar-refractivity contribution in [3.8, 4) is 0 Å². The largest absolute Gasteiger partial charge is 0.481 e. The maximum absolute atomic E-state index is 13.1. The third-order valence-electron chi connectivity index (χ3n) is 4.75. The van der Waals surface area contributed by atoms with Crippen molar-refractivity contribution in [1.29, 1.82) is 0 Å². The highest BCUT2D eigenvalue weighted by molar-refractivity contribution is 6.33. The standard InChI is InChI=1S/C16H18ClFN2O3/c17-13-9-10(18)1-4-14(13)19-5-7-20(8-6-19)15(21)11-2-3-12(11)16(22)23/h1,4,9,11-12H,2-3,5-8H2,(H,22,23). The van der Waals surface area contributed by atoms with Crippen molar-refractivity contribution < 1.29 is 19.1 Å². The average molecular weight is 341 g/mol. The van der Waals surface area contributed by atoms with Gasteiger partial charge in [-0.05, 0) is 31.0 Å². The second kappa shape index (κ2) is 6.35. The molecule has 2 unspecified atom stereocenters. The molecule has 1 N–H and O–H groups in total. The first kappa shape index (κ1) is 16.1. The van der Waals surface area contributed by atoms with Crippen molar-refractivity contribution in [1.82, 2.24) is 4.90 Å². The van der Waals surface area contributed by atoms with Gasteiger partial charge in [-0.3, -0.25) is 9.59 Å². The Balaban J connectivity index is 1.60. The number of carboxylic acid groups (broad SMARTS) is 1. The number of nitrogens with zero attached hydrogens (tertiary/aromatic N) is 2. The molecule has 7 heteroatoms. The number of piperazine rings is 1. The van der Waals surface area contributed by atoms with Gasteiger partial charge in [0.25, 0.3) is 0 Å². The molecule has 2 fully saturated rings. The van der Waals surface area contributed by atoms with E-state index in [4.69, 9.17) is 16.7 Å². The molecule has 1 aromatic rings. The van der Waals surface area contributed by atoms with Crippen molar-refractivity contribution in [3.05, 3.63) is 29.0 Å². The zero-order chi connectivity index (χ0) is 16.6. The Kier molecular flexibility index (Phi) is 4.43. The van der Waals surface area contributed by atoms with Crippen molar-refractivity contribution >= 4 is 29.2 Å². The molecule has 0 aromatic heterocycles. The Hall–Kier alpha value is -1.82. The van der Waals surface area contributed by atoms with Gasteiger partial charge in [-0.15, -0.1) is 0 Å². The first-order valence-electron chi connectivity index (χ1n) is 7.69. The predicted molar refractivity (Wildman–Crippen MR) is 84.1 cm³/mol. The Labute approximate surface area is 138 Å². The minimum Gasteiger partial charge on any atom is -0.481 e. The Morgan fingerprint density at radius 3 is 2.30 bits per heavy atom. The number of carbonyl (C=O) groups excluding carboxylic acids is 1. The lowest BCUT2D eigenvalue weighted by atomic mass is 9.73. The fourth-order valence-electron chi connectivity index (χ4n) is 3.23. The number of carboxylic acids is 1. The highest BCUT2D eigenvalue weighted by Gasteiger charge is 2.43. The molecule has 1 aliphatic heterocycles. The van der Waals surface area contributed by atoms with E-state index in [1.54, 1.807) is 11.0 Å². The third-order valence-corrected chi connectivity index (χ3v) is 5.05. The molecule has 3 rings (SSSR count). The molecule has 2 atom stereocenters. The van der Waals surface area contributed by atoms with Gasteiger partial charge in [-0.2, -0.15) is 0 Å². The molecule has 23 heavy (non-hydrogen) atoms. The number of benzene rings is 1. The molecule has 0 spiro atoms. The summed E-state index contributed by atoms with van der Waals surface area (Å²) in [5.74, 6) is -2.24. The second-order valence-electron chi connectivity index (χ2n) is 6.04. The summed E-state index contributed by atoms with van der Waals surface area (Å²) in [6.07, 6.45) is 1.23. The van der Waals surface area contributed by atoms with E-state index in [0.717, 1.165) is 5.69 Å². The van der Waals surface area contributed by atoms with Crippen LogP contribution in [0.1, 0.15) is 12.8 Å². The molecule has 1 amide bonds. The quantitative estimate of drug-likeness (QED) is 0.916. The van der Waals surface area contributed by atoms with Crippen molar-refractivity contribution in [2.75, 3.05) is 31.1 Å². The first-order chi connectivity index (χ1) is 11.0. The molecule has 1 saturated heterocycles. The van der Waals surface area contributed by atoms with Crippen LogP contribution in [0.5, 0.6) is 0 Å². The lowest BCUT2D eigenvalue weighted by Gasteiger charge is -2.41. The van der Waals surface area contributed by atoms with E-state index in [1.165, 1.54) is 12.1 Å². The minimum atomic E-state index is -0.883. The molecule has 1 heterocycles. The number of amides is 1. The number of hydrogen-bond acceptors (Lipinski definition) is 3. The van der Waals surface area contributed by atoms with Crippen LogP contribution >= 0.6 is 11.6 Å². The SMILES string of the molecule is O=C(O)C1CCC1C(=O)N1CCN(c2ccc(F)cc2Cl)CC1. The molecule has 0 radical (unpaired) electrons. The van der Waals surface area contributed by atoms with Crippen LogP contribution in [-0.2, 0) is 9.59 Å². The molecular weight excluding hydrogens is 323 g/mol. The van der Waals surface area contributed by atoms with Gasteiger partial charge < -0.3 is 14.9 Å². The summed E-state index contributed by atoms with van der Waals surface area (Å²) in [5.41, 5.74) is 0.757. The summed E-state index contributed by atoms with van der Waals surface area (Å²) in [6, 6.07) is 4.28. The van der Waals surface area contributed by atoms with Crippen LogP contribution in [0.25, 0.3) is 0 Å². The van der Waals surface area contributed by atoms with Crippen LogP contribution in [-0.4, -0.2) is 48.1 Å². The summed E-state index contributed by atoms with van der Waals surface area (Å²) in [4.78, 5) is 27.2. The van der Waals surface area contributed by atoms with E-state index in [0.29, 0.717) is 44.0 Å². The van der Waals surface area contributed by atoms with E-state index in [2.05, 4.69) is 0 Å². The zero-order valence-corrected chi connectivity index (χ0v) is 13.3. The van der Waals surface area contributed by atoms with Gasteiger partial charge in [0, 0.05) is 26.2 Å². The van der Waals surface area contributed by atoms with E-state index >= 15 is 0 Å². The fourth-order valence-corrected chi connectivity index (χ4v) is 3.52. The first-order valence-corrected chi connectivity index (χ1v) is 8.07. The monoisotopic (exact) mass is 340 g/mol. The van der Waals surface area contributed by atoms with E-state index < -0.39 is 11.9 Å². The van der Waals surface area contributed by atoms with Crippen molar-refractivity contribution in [2.45, 2.75) is 12.8 Å². The van der Waals surface area contributed by atoms with Crippen molar-refractivity contribution in [3.63, 3.8) is 0 Å².